The van der Waals surface area contributed by atoms with Crippen molar-refractivity contribution in [1.82, 2.24) is 10.6 Å². The van der Waals surface area contributed by atoms with Gasteiger partial charge < -0.3 is 10.6 Å². The summed E-state index contributed by atoms with van der Waals surface area (Å²) in [5.41, 5.74) is 1.49. The number of nitrogens with one attached hydrogen (secondary N) is 2. The van der Waals surface area contributed by atoms with Crippen molar-refractivity contribution in [3.8, 4) is 0 Å². The zero-order chi connectivity index (χ0) is 20.7. The summed E-state index contributed by atoms with van der Waals surface area (Å²) in [5, 5.41) is 6.21. The van der Waals surface area contributed by atoms with Crippen molar-refractivity contribution in [2.24, 2.45) is 5.92 Å². The molecule has 6 heteroatoms. The molecule has 0 aliphatic heterocycles. The number of amides is 2. The van der Waals surface area contributed by atoms with Crippen LogP contribution in [0.15, 0.2) is 24.3 Å². The molecule has 0 aromatic heterocycles. The molecule has 2 N–H and O–H groups in total. The number of carbonyl (C=O) groups excluding carboxylic acids is 2. The van der Waals surface area contributed by atoms with Crippen LogP contribution in [0, 0.1) is 12.8 Å². The summed E-state index contributed by atoms with van der Waals surface area (Å²) in [6.07, 6.45) is 4.19. The maximum absolute atomic E-state index is 12.9. The van der Waals surface area contributed by atoms with Gasteiger partial charge in [-0.15, -0.1) is 0 Å². The van der Waals surface area contributed by atoms with Gasteiger partial charge in [0.25, 0.3) is 5.91 Å². The number of hydrogen-bond acceptors (Lipinski definition) is 3. The Balaban J connectivity index is 2.03. The van der Waals surface area contributed by atoms with E-state index in [0.29, 0.717) is 17.7 Å². The average Bonchev–Trinajstić information content (AvgIpc) is 2.66. The zero-order valence-electron chi connectivity index (χ0n) is 17.5. The largest absolute Gasteiger partial charge is 0.352 e. The smallest absolute Gasteiger partial charge is 0.252 e. The molecule has 1 saturated carbocycles. The number of benzene rings is 1. The highest BCUT2D eigenvalue weighted by atomic mass is 32.2. The summed E-state index contributed by atoms with van der Waals surface area (Å²) in [5.74, 6) is 0.587. The summed E-state index contributed by atoms with van der Waals surface area (Å²) < 4.78 is 12.2. The van der Waals surface area contributed by atoms with Crippen LogP contribution >= 0.6 is 0 Å². The van der Waals surface area contributed by atoms with Gasteiger partial charge in [-0.05, 0) is 50.2 Å². The topological polar surface area (TPSA) is 75.3 Å². The fraction of sp³-hybridized carbons (Fsp3) is 0.636. The summed E-state index contributed by atoms with van der Waals surface area (Å²) in [7, 11) is -0.826. The lowest BCUT2D eigenvalue weighted by atomic mass is 9.94. The van der Waals surface area contributed by atoms with Gasteiger partial charge in [0.1, 0.15) is 6.04 Å². The van der Waals surface area contributed by atoms with Crippen LogP contribution in [0.3, 0.4) is 0 Å². The number of hydrogen-bond donors (Lipinski definition) is 2. The van der Waals surface area contributed by atoms with Crippen molar-refractivity contribution in [3.05, 3.63) is 35.4 Å². The standard InChI is InChI=1S/C22H34N2O3S/c1-5-28(27)18-11-8-10-17(14-18)23-22(26)20(13-15(2)3)24-21(25)19-12-7-6-9-16(19)4/h6-7,9,12,15,17-18,20H,5,8,10-11,13-14H2,1-4H3,(H,23,26)(H,24,25)/t17-,18-,20-,28+/m1/s1. The Kier molecular flexibility index (Phi) is 8.67. The maximum Gasteiger partial charge on any atom is 0.252 e. The van der Waals surface area contributed by atoms with E-state index in [2.05, 4.69) is 10.6 Å². The van der Waals surface area contributed by atoms with E-state index in [1.807, 2.05) is 45.9 Å². The summed E-state index contributed by atoms with van der Waals surface area (Å²) >= 11 is 0. The van der Waals surface area contributed by atoms with E-state index in [4.69, 9.17) is 0 Å². The molecule has 156 valence electrons. The number of aryl methyl sites for hydroxylation is 1. The van der Waals surface area contributed by atoms with Crippen LogP contribution in [0.4, 0.5) is 0 Å². The van der Waals surface area contributed by atoms with Crippen molar-refractivity contribution >= 4 is 22.6 Å². The molecule has 1 aromatic carbocycles. The van der Waals surface area contributed by atoms with E-state index in [0.717, 1.165) is 31.2 Å². The highest BCUT2D eigenvalue weighted by molar-refractivity contribution is 7.85. The molecular formula is C22H34N2O3S. The first kappa shape index (κ1) is 22.6. The lowest BCUT2D eigenvalue weighted by Crippen LogP contribution is -2.51. The Morgan fingerprint density at radius 1 is 1.21 bits per heavy atom. The summed E-state index contributed by atoms with van der Waals surface area (Å²) in [6, 6.07) is 6.86. The van der Waals surface area contributed by atoms with Crippen molar-refractivity contribution < 1.29 is 13.8 Å². The predicted molar refractivity (Wildman–Crippen MR) is 115 cm³/mol. The molecule has 4 atom stereocenters. The highest BCUT2D eigenvalue weighted by Crippen LogP contribution is 2.23. The first-order valence-corrected chi connectivity index (χ1v) is 11.7. The van der Waals surface area contributed by atoms with Gasteiger partial charge in [0.15, 0.2) is 0 Å². The molecule has 0 saturated heterocycles. The molecule has 2 amide bonds. The van der Waals surface area contributed by atoms with E-state index >= 15 is 0 Å². The van der Waals surface area contributed by atoms with Gasteiger partial charge in [-0.1, -0.05) is 45.4 Å². The van der Waals surface area contributed by atoms with E-state index in [9.17, 15) is 13.8 Å². The molecule has 0 bridgehead atoms. The third-order valence-corrected chi connectivity index (χ3v) is 7.09. The molecule has 5 nitrogen and oxygen atoms in total. The molecule has 28 heavy (non-hydrogen) atoms. The zero-order valence-corrected chi connectivity index (χ0v) is 18.3. The average molecular weight is 407 g/mol. The van der Waals surface area contributed by atoms with Crippen molar-refractivity contribution in [1.29, 1.82) is 0 Å². The quantitative estimate of drug-likeness (QED) is 0.695. The molecule has 1 aliphatic rings. The molecule has 0 radical (unpaired) electrons. The van der Waals surface area contributed by atoms with Crippen LogP contribution in [0.1, 0.15) is 68.8 Å². The molecule has 0 unspecified atom stereocenters. The van der Waals surface area contributed by atoms with Gasteiger partial charge in [0, 0.05) is 33.4 Å². The minimum absolute atomic E-state index is 0.0341. The third-order valence-electron chi connectivity index (χ3n) is 5.35. The Hall–Kier alpha value is -1.69. The second-order valence-electron chi connectivity index (χ2n) is 8.13. The summed E-state index contributed by atoms with van der Waals surface area (Å²) in [4.78, 5) is 25.6. The van der Waals surface area contributed by atoms with Crippen molar-refractivity contribution in [2.45, 2.75) is 77.1 Å². The van der Waals surface area contributed by atoms with E-state index < -0.39 is 16.8 Å². The molecule has 0 heterocycles. The summed E-state index contributed by atoms with van der Waals surface area (Å²) in [6.45, 7) is 7.92. The fourth-order valence-corrected chi connectivity index (χ4v) is 5.17. The molecule has 1 aliphatic carbocycles. The normalized spacial score (nSPS) is 21.8. The lowest BCUT2D eigenvalue weighted by Gasteiger charge is -2.31. The van der Waals surface area contributed by atoms with Gasteiger partial charge in [0.2, 0.25) is 5.91 Å². The van der Waals surface area contributed by atoms with Crippen molar-refractivity contribution in [3.63, 3.8) is 0 Å². The predicted octanol–water partition coefficient (Wildman–Crippen LogP) is 3.34. The van der Waals surface area contributed by atoms with Crippen LogP contribution in [0.5, 0.6) is 0 Å². The minimum atomic E-state index is -0.826. The van der Waals surface area contributed by atoms with E-state index in [1.165, 1.54) is 0 Å². The first-order valence-electron chi connectivity index (χ1n) is 10.4. The minimum Gasteiger partial charge on any atom is -0.352 e. The monoisotopic (exact) mass is 406 g/mol. The van der Waals surface area contributed by atoms with Crippen LogP contribution < -0.4 is 10.6 Å². The number of carbonyl (C=O) groups is 2. The molecule has 0 spiro atoms. The molecule has 1 aromatic rings. The first-order chi connectivity index (χ1) is 13.3. The SMILES string of the molecule is CC[S@](=O)[C@@H]1CCC[C@@H](NC(=O)[C@@H](CC(C)C)NC(=O)c2ccccc2C)C1. The van der Waals surface area contributed by atoms with Gasteiger partial charge in [-0.3, -0.25) is 13.8 Å². The van der Waals surface area contributed by atoms with Crippen LogP contribution in [0.25, 0.3) is 0 Å². The Labute approximate surface area is 171 Å². The molecule has 2 rings (SSSR count). The Morgan fingerprint density at radius 2 is 1.93 bits per heavy atom. The van der Waals surface area contributed by atoms with Crippen LogP contribution in [-0.4, -0.2) is 39.1 Å². The van der Waals surface area contributed by atoms with Gasteiger partial charge in [-0.25, -0.2) is 0 Å². The molecular weight excluding hydrogens is 372 g/mol. The maximum atomic E-state index is 12.9. The lowest BCUT2D eigenvalue weighted by molar-refractivity contribution is -0.124. The van der Waals surface area contributed by atoms with Gasteiger partial charge >= 0.3 is 0 Å². The van der Waals surface area contributed by atoms with Gasteiger partial charge in [-0.2, -0.15) is 0 Å². The number of rotatable bonds is 8. The van der Waals surface area contributed by atoms with E-state index in [1.54, 1.807) is 6.07 Å². The van der Waals surface area contributed by atoms with Gasteiger partial charge in [0.05, 0.1) is 0 Å². The molecule has 1 fully saturated rings. The van der Waals surface area contributed by atoms with E-state index in [-0.39, 0.29) is 29.0 Å². The second kappa shape index (κ2) is 10.7. The second-order valence-corrected chi connectivity index (χ2v) is 10.1. The highest BCUT2D eigenvalue weighted by Gasteiger charge is 2.29. The Morgan fingerprint density at radius 3 is 2.57 bits per heavy atom. The Bertz CT molecular complexity index is 705. The van der Waals surface area contributed by atoms with Crippen LogP contribution in [-0.2, 0) is 15.6 Å². The fourth-order valence-electron chi connectivity index (χ4n) is 3.82. The van der Waals surface area contributed by atoms with Crippen LogP contribution in [0.2, 0.25) is 0 Å². The third kappa shape index (κ3) is 6.43. The van der Waals surface area contributed by atoms with Crippen molar-refractivity contribution in [2.75, 3.05) is 5.75 Å².